The third-order valence-electron chi connectivity index (χ3n) is 6.03. The molecular formula is C17H21F3N4O2. The molecule has 3 aliphatic heterocycles. The number of aromatic nitrogens is 2. The van der Waals surface area contributed by atoms with Crippen molar-refractivity contribution in [2.24, 2.45) is 17.8 Å². The number of piperidine rings is 2. The number of nitrogens with zero attached hydrogens (tertiary/aromatic N) is 4. The van der Waals surface area contributed by atoms with Gasteiger partial charge in [-0.25, -0.2) is 4.98 Å². The topological polar surface area (TPSA) is 69.6 Å². The fourth-order valence-electron chi connectivity index (χ4n) is 4.38. The molecule has 0 aromatic carbocycles. The predicted molar refractivity (Wildman–Crippen MR) is 88.0 cm³/mol. The van der Waals surface area contributed by atoms with Gasteiger partial charge in [0.1, 0.15) is 5.82 Å². The van der Waals surface area contributed by atoms with E-state index in [1.807, 2.05) is 11.8 Å². The summed E-state index contributed by atoms with van der Waals surface area (Å²) in [6.07, 6.45) is -2.52. The number of hydrogen-bond acceptors (Lipinski definition) is 5. The Morgan fingerprint density at radius 2 is 2.00 bits per heavy atom. The molecule has 0 amide bonds. The van der Waals surface area contributed by atoms with Crippen molar-refractivity contribution < 1.29 is 23.1 Å². The van der Waals surface area contributed by atoms with Crippen LogP contribution in [0.2, 0.25) is 0 Å². The van der Waals surface area contributed by atoms with Crippen molar-refractivity contribution in [2.45, 2.75) is 38.4 Å². The van der Waals surface area contributed by atoms with Gasteiger partial charge >= 0.3 is 12.1 Å². The highest BCUT2D eigenvalue weighted by Gasteiger charge is 2.48. The number of alkyl halides is 3. The van der Waals surface area contributed by atoms with Gasteiger partial charge in [0, 0.05) is 38.2 Å². The molecule has 4 heterocycles. The molecule has 4 atom stereocenters. The molecule has 3 saturated heterocycles. The Labute approximate surface area is 149 Å². The van der Waals surface area contributed by atoms with Crippen molar-refractivity contribution >= 4 is 17.7 Å². The lowest BCUT2D eigenvalue weighted by atomic mass is 9.60. The summed E-state index contributed by atoms with van der Waals surface area (Å²) in [5.74, 6) is 0.164. The zero-order valence-corrected chi connectivity index (χ0v) is 14.4. The number of aliphatic carboxylic acids is 1. The van der Waals surface area contributed by atoms with Crippen LogP contribution in [0.15, 0.2) is 6.07 Å². The van der Waals surface area contributed by atoms with Crippen LogP contribution in [0.3, 0.4) is 0 Å². The molecule has 1 aliphatic carbocycles. The zero-order chi connectivity index (χ0) is 18.6. The molecule has 142 valence electrons. The molecule has 0 radical (unpaired) electrons. The van der Waals surface area contributed by atoms with Gasteiger partial charge in [-0.2, -0.15) is 18.2 Å². The molecule has 5 rings (SSSR count). The van der Waals surface area contributed by atoms with E-state index < -0.39 is 17.8 Å². The van der Waals surface area contributed by atoms with E-state index in [-0.39, 0.29) is 36.2 Å². The standard InChI is InChI=1S/C17H21F3N4O2/c1-9-2-3-24(9)16-21-13(17(18,19)20)6-14(22-16)23-7-10-4-11(8-23)12(10)5-15(25)26/h6,9-12H,2-5,7-8H2,1H3,(H,25,26)/t9-,10-,11+,12+/m0/s1. The van der Waals surface area contributed by atoms with Gasteiger partial charge in [-0.15, -0.1) is 0 Å². The van der Waals surface area contributed by atoms with Crippen molar-refractivity contribution in [3.63, 3.8) is 0 Å². The van der Waals surface area contributed by atoms with Crippen LogP contribution in [0.5, 0.6) is 0 Å². The van der Waals surface area contributed by atoms with Crippen LogP contribution < -0.4 is 9.80 Å². The second kappa shape index (κ2) is 5.99. The van der Waals surface area contributed by atoms with Gasteiger partial charge in [0.2, 0.25) is 5.95 Å². The highest BCUT2D eigenvalue weighted by Crippen LogP contribution is 2.48. The summed E-state index contributed by atoms with van der Waals surface area (Å²) in [5, 5.41) is 9.00. The molecular weight excluding hydrogens is 349 g/mol. The number of carboxylic acid groups (broad SMARTS) is 1. The Bertz CT molecular complexity index is 714. The van der Waals surface area contributed by atoms with Crippen LogP contribution in [0.25, 0.3) is 0 Å². The molecule has 2 bridgehead atoms. The highest BCUT2D eigenvalue weighted by atomic mass is 19.4. The van der Waals surface area contributed by atoms with Gasteiger partial charge in [-0.3, -0.25) is 4.79 Å². The third-order valence-corrected chi connectivity index (χ3v) is 6.03. The van der Waals surface area contributed by atoms with Gasteiger partial charge in [0.05, 0.1) is 0 Å². The average molecular weight is 370 g/mol. The number of anilines is 2. The maximum Gasteiger partial charge on any atom is 0.433 e. The fraction of sp³-hybridized carbons (Fsp3) is 0.706. The number of carboxylic acids is 1. The smallest absolute Gasteiger partial charge is 0.433 e. The Kier molecular flexibility index (Phi) is 4.00. The van der Waals surface area contributed by atoms with Gasteiger partial charge in [-0.05, 0) is 37.5 Å². The molecule has 1 aromatic heterocycles. The Hall–Kier alpha value is -2.06. The van der Waals surface area contributed by atoms with Gasteiger partial charge in [0.15, 0.2) is 5.69 Å². The minimum absolute atomic E-state index is 0.127. The Morgan fingerprint density at radius 1 is 1.31 bits per heavy atom. The first-order chi connectivity index (χ1) is 12.2. The SMILES string of the molecule is C[C@H]1CCN1c1nc(N2C[C@H]3C[C@@H](C2)[C@H]3CC(=O)O)cc(C(F)(F)F)n1. The van der Waals surface area contributed by atoms with Crippen LogP contribution in [-0.4, -0.2) is 46.7 Å². The molecule has 1 saturated carbocycles. The highest BCUT2D eigenvalue weighted by molar-refractivity contribution is 5.67. The van der Waals surface area contributed by atoms with Crippen LogP contribution in [0, 0.1) is 17.8 Å². The third kappa shape index (κ3) is 2.97. The van der Waals surface area contributed by atoms with Crippen molar-refractivity contribution in [1.82, 2.24) is 9.97 Å². The van der Waals surface area contributed by atoms with Crippen molar-refractivity contribution in [3.8, 4) is 0 Å². The summed E-state index contributed by atoms with van der Waals surface area (Å²) in [6, 6.07) is 1.16. The van der Waals surface area contributed by atoms with E-state index in [2.05, 4.69) is 9.97 Å². The first kappa shape index (κ1) is 17.4. The zero-order valence-electron chi connectivity index (χ0n) is 14.4. The summed E-state index contributed by atoms with van der Waals surface area (Å²) in [6.45, 7) is 3.71. The first-order valence-electron chi connectivity index (χ1n) is 8.92. The van der Waals surface area contributed by atoms with E-state index >= 15 is 0 Å². The molecule has 0 unspecified atom stereocenters. The summed E-state index contributed by atoms with van der Waals surface area (Å²) >= 11 is 0. The van der Waals surface area contributed by atoms with Crippen molar-refractivity contribution in [3.05, 3.63) is 11.8 Å². The molecule has 0 spiro atoms. The molecule has 9 heteroatoms. The van der Waals surface area contributed by atoms with Gasteiger partial charge in [0.25, 0.3) is 0 Å². The summed E-state index contributed by atoms with van der Waals surface area (Å²) in [7, 11) is 0. The van der Waals surface area contributed by atoms with Gasteiger partial charge < -0.3 is 14.9 Å². The molecule has 1 N–H and O–H groups in total. The van der Waals surface area contributed by atoms with Crippen molar-refractivity contribution in [2.75, 3.05) is 29.4 Å². The van der Waals surface area contributed by atoms with E-state index in [1.165, 1.54) is 0 Å². The molecule has 1 aromatic rings. The van der Waals surface area contributed by atoms with Crippen LogP contribution in [0.1, 0.15) is 31.9 Å². The molecule has 4 aliphatic rings. The second-order valence-corrected chi connectivity index (χ2v) is 7.66. The van der Waals surface area contributed by atoms with Crippen LogP contribution in [-0.2, 0) is 11.0 Å². The Balaban J connectivity index is 1.59. The maximum atomic E-state index is 13.3. The van der Waals surface area contributed by atoms with Crippen molar-refractivity contribution in [1.29, 1.82) is 0 Å². The average Bonchev–Trinajstić information content (AvgIpc) is 2.57. The van der Waals surface area contributed by atoms with Crippen LogP contribution >= 0.6 is 0 Å². The normalized spacial score (nSPS) is 30.6. The van der Waals surface area contributed by atoms with E-state index in [9.17, 15) is 18.0 Å². The van der Waals surface area contributed by atoms with E-state index in [4.69, 9.17) is 5.11 Å². The molecule has 4 fully saturated rings. The first-order valence-corrected chi connectivity index (χ1v) is 8.92. The summed E-state index contributed by atoms with van der Waals surface area (Å²) < 4.78 is 39.9. The quantitative estimate of drug-likeness (QED) is 0.879. The van der Waals surface area contributed by atoms with Crippen LogP contribution in [0.4, 0.5) is 24.9 Å². The van der Waals surface area contributed by atoms with E-state index in [1.54, 1.807) is 4.90 Å². The number of carbonyl (C=O) groups is 1. The lowest BCUT2D eigenvalue weighted by molar-refractivity contribution is -0.142. The van der Waals surface area contributed by atoms with E-state index in [0.29, 0.717) is 25.5 Å². The van der Waals surface area contributed by atoms with E-state index in [0.717, 1.165) is 18.9 Å². The largest absolute Gasteiger partial charge is 0.481 e. The monoisotopic (exact) mass is 370 g/mol. The number of rotatable bonds is 4. The molecule has 6 nitrogen and oxygen atoms in total. The second-order valence-electron chi connectivity index (χ2n) is 7.66. The minimum Gasteiger partial charge on any atom is -0.481 e. The lowest BCUT2D eigenvalue weighted by Crippen LogP contribution is -2.56. The lowest BCUT2D eigenvalue weighted by Gasteiger charge is -2.53. The maximum absolute atomic E-state index is 13.3. The molecule has 26 heavy (non-hydrogen) atoms. The predicted octanol–water partition coefficient (Wildman–Crippen LogP) is 2.64. The number of hydrogen-bond donors (Lipinski definition) is 1. The summed E-state index contributed by atoms with van der Waals surface area (Å²) in [4.78, 5) is 22.8. The number of fused-ring (bicyclic) bond motifs is 2. The Morgan fingerprint density at radius 3 is 2.50 bits per heavy atom. The summed E-state index contributed by atoms with van der Waals surface area (Å²) in [5.41, 5.74) is -0.919. The number of halogens is 3. The fourth-order valence-corrected chi connectivity index (χ4v) is 4.38. The minimum atomic E-state index is -4.52. The van der Waals surface area contributed by atoms with Gasteiger partial charge in [-0.1, -0.05) is 0 Å².